The van der Waals surface area contributed by atoms with Crippen molar-refractivity contribution in [2.45, 2.75) is 58.3 Å². The highest BCUT2D eigenvalue weighted by Gasteiger charge is 2.13. The Bertz CT molecular complexity index is 383. The predicted molar refractivity (Wildman–Crippen MR) is 75.9 cm³/mol. The number of aryl methyl sites for hydroxylation is 1. The number of carbonyl (C=O) groups is 1. The maximum atomic E-state index is 11.7. The summed E-state index contributed by atoms with van der Waals surface area (Å²) in [4.78, 5) is 17.0. The van der Waals surface area contributed by atoms with Crippen molar-refractivity contribution in [3.63, 3.8) is 0 Å². The first-order chi connectivity index (χ1) is 8.74. The van der Waals surface area contributed by atoms with E-state index in [4.69, 9.17) is 0 Å². The zero-order valence-corrected chi connectivity index (χ0v) is 11.9. The number of hydrogen-bond acceptors (Lipinski definition) is 3. The lowest BCUT2D eigenvalue weighted by atomic mass is 9.86. The topological polar surface area (TPSA) is 42.0 Å². The lowest BCUT2D eigenvalue weighted by molar-refractivity contribution is -0.116. The number of hydrogen-bond donors (Lipinski definition) is 1. The molecule has 1 aliphatic rings. The molecule has 1 aromatic heterocycles. The molecule has 0 bridgehead atoms. The fourth-order valence-electron chi connectivity index (χ4n) is 2.62. The van der Waals surface area contributed by atoms with Gasteiger partial charge in [0.25, 0.3) is 0 Å². The summed E-state index contributed by atoms with van der Waals surface area (Å²) in [5.41, 5.74) is 0. The molecule has 4 heteroatoms. The van der Waals surface area contributed by atoms with Crippen LogP contribution < -0.4 is 5.32 Å². The molecule has 3 nitrogen and oxygen atoms in total. The van der Waals surface area contributed by atoms with Gasteiger partial charge in [-0.1, -0.05) is 32.1 Å². The van der Waals surface area contributed by atoms with Crippen molar-refractivity contribution in [2.75, 3.05) is 5.32 Å². The third kappa shape index (κ3) is 4.41. The SMILES string of the molecule is Cc1cnc(NC(=O)CCCC2CCCCC2)s1. The second kappa shape index (κ2) is 6.88. The molecule has 0 spiro atoms. The van der Waals surface area contributed by atoms with Gasteiger partial charge in [-0.05, 0) is 25.7 Å². The van der Waals surface area contributed by atoms with Gasteiger partial charge < -0.3 is 5.32 Å². The van der Waals surface area contributed by atoms with E-state index in [1.54, 1.807) is 6.20 Å². The summed E-state index contributed by atoms with van der Waals surface area (Å²) in [7, 11) is 0. The van der Waals surface area contributed by atoms with Crippen molar-refractivity contribution in [2.24, 2.45) is 5.92 Å². The highest BCUT2D eigenvalue weighted by atomic mass is 32.1. The lowest BCUT2D eigenvalue weighted by Gasteiger charge is -2.20. The number of aromatic nitrogens is 1. The Balaban J connectivity index is 1.62. The average molecular weight is 266 g/mol. The second-order valence-electron chi connectivity index (χ2n) is 5.22. The Hall–Kier alpha value is -0.900. The van der Waals surface area contributed by atoms with E-state index in [2.05, 4.69) is 10.3 Å². The van der Waals surface area contributed by atoms with Gasteiger partial charge in [0.15, 0.2) is 5.13 Å². The van der Waals surface area contributed by atoms with Gasteiger partial charge in [-0.15, -0.1) is 11.3 Å². The molecule has 1 aliphatic carbocycles. The summed E-state index contributed by atoms with van der Waals surface area (Å²) >= 11 is 1.53. The van der Waals surface area contributed by atoms with Crippen molar-refractivity contribution >= 4 is 22.4 Å². The summed E-state index contributed by atoms with van der Waals surface area (Å²) < 4.78 is 0. The van der Waals surface area contributed by atoms with Gasteiger partial charge in [-0.25, -0.2) is 4.98 Å². The zero-order valence-electron chi connectivity index (χ0n) is 11.1. The van der Waals surface area contributed by atoms with Crippen molar-refractivity contribution in [1.82, 2.24) is 4.98 Å². The monoisotopic (exact) mass is 266 g/mol. The molecule has 1 aromatic rings. The number of rotatable bonds is 5. The first kappa shape index (κ1) is 13.5. The van der Waals surface area contributed by atoms with Crippen LogP contribution in [0.25, 0.3) is 0 Å². The molecule has 1 fully saturated rings. The quantitative estimate of drug-likeness (QED) is 0.870. The van der Waals surface area contributed by atoms with Crippen LogP contribution in [0.15, 0.2) is 6.20 Å². The maximum Gasteiger partial charge on any atom is 0.226 e. The van der Waals surface area contributed by atoms with Crippen molar-refractivity contribution in [3.05, 3.63) is 11.1 Å². The van der Waals surface area contributed by atoms with E-state index in [1.165, 1.54) is 49.9 Å². The Morgan fingerprint density at radius 2 is 2.22 bits per heavy atom. The van der Waals surface area contributed by atoms with Crippen LogP contribution in [0.2, 0.25) is 0 Å². The van der Waals surface area contributed by atoms with Crippen molar-refractivity contribution in [3.8, 4) is 0 Å². The number of anilines is 1. The minimum Gasteiger partial charge on any atom is -0.302 e. The molecule has 2 rings (SSSR count). The van der Waals surface area contributed by atoms with Gasteiger partial charge in [0, 0.05) is 17.5 Å². The first-order valence-electron chi connectivity index (χ1n) is 6.96. The van der Waals surface area contributed by atoms with Crippen LogP contribution >= 0.6 is 11.3 Å². The smallest absolute Gasteiger partial charge is 0.226 e. The van der Waals surface area contributed by atoms with E-state index in [1.807, 2.05) is 6.92 Å². The summed E-state index contributed by atoms with van der Waals surface area (Å²) in [6, 6.07) is 0. The van der Waals surface area contributed by atoms with Crippen LogP contribution in [0.4, 0.5) is 5.13 Å². The van der Waals surface area contributed by atoms with E-state index in [9.17, 15) is 4.79 Å². The van der Waals surface area contributed by atoms with Crippen LogP contribution in [-0.4, -0.2) is 10.9 Å². The molecule has 0 aromatic carbocycles. The molecule has 18 heavy (non-hydrogen) atoms. The molecular formula is C14H22N2OS. The summed E-state index contributed by atoms with van der Waals surface area (Å²) in [5.74, 6) is 0.980. The predicted octanol–water partition coefficient (Wildman–Crippen LogP) is 4.14. The van der Waals surface area contributed by atoms with Gasteiger partial charge in [0.05, 0.1) is 0 Å². The Morgan fingerprint density at radius 3 is 2.89 bits per heavy atom. The summed E-state index contributed by atoms with van der Waals surface area (Å²) in [6.07, 6.45) is 11.6. The van der Waals surface area contributed by atoms with Gasteiger partial charge in [0.2, 0.25) is 5.91 Å². The largest absolute Gasteiger partial charge is 0.302 e. The van der Waals surface area contributed by atoms with Gasteiger partial charge in [-0.2, -0.15) is 0 Å². The van der Waals surface area contributed by atoms with E-state index < -0.39 is 0 Å². The minimum atomic E-state index is 0.111. The lowest BCUT2D eigenvalue weighted by Crippen LogP contribution is -2.12. The third-order valence-corrected chi connectivity index (χ3v) is 4.44. The van der Waals surface area contributed by atoms with E-state index in [0.717, 1.165) is 22.3 Å². The Morgan fingerprint density at radius 1 is 1.44 bits per heavy atom. The second-order valence-corrected chi connectivity index (χ2v) is 6.46. The molecule has 0 radical (unpaired) electrons. The summed E-state index contributed by atoms with van der Waals surface area (Å²) in [6.45, 7) is 2.00. The fraction of sp³-hybridized carbons (Fsp3) is 0.714. The standard InChI is InChI=1S/C14H22N2OS/c1-11-10-15-14(18-11)16-13(17)9-5-8-12-6-3-2-4-7-12/h10,12H,2-9H2,1H3,(H,15,16,17). The molecule has 1 heterocycles. The molecule has 100 valence electrons. The Kier molecular flexibility index (Phi) is 5.17. The highest BCUT2D eigenvalue weighted by molar-refractivity contribution is 7.15. The molecule has 0 aliphatic heterocycles. The number of nitrogens with one attached hydrogen (secondary N) is 1. The number of carbonyl (C=O) groups excluding carboxylic acids is 1. The molecule has 0 unspecified atom stereocenters. The average Bonchev–Trinajstić information content (AvgIpc) is 2.76. The fourth-order valence-corrected chi connectivity index (χ4v) is 3.30. The van der Waals surface area contributed by atoms with Crippen molar-refractivity contribution < 1.29 is 4.79 Å². The molecule has 1 amide bonds. The molecule has 1 N–H and O–H groups in total. The van der Waals surface area contributed by atoms with Crippen LogP contribution in [0.5, 0.6) is 0 Å². The zero-order chi connectivity index (χ0) is 12.8. The number of amides is 1. The third-order valence-electron chi connectivity index (χ3n) is 3.61. The number of nitrogens with zero attached hydrogens (tertiary/aromatic N) is 1. The van der Waals surface area contributed by atoms with Crippen LogP contribution in [0.1, 0.15) is 56.2 Å². The van der Waals surface area contributed by atoms with Gasteiger partial charge >= 0.3 is 0 Å². The van der Waals surface area contributed by atoms with Crippen molar-refractivity contribution in [1.29, 1.82) is 0 Å². The maximum absolute atomic E-state index is 11.7. The number of thiazole rings is 1. The molecule has 0 atom stereocenters. The van der Waals surface area contributed by atoms with E-state index in [-0.39, 0.29) is 5.91 Å². The minimum absolute atomic E-state index is 0.111. The molecular weight excluding hydrogens is 244 g/mol. The first-order valence-corrected chi connectivity index (χ1v) is 7.78. The van der Waals surface area contributed by atoms with Gasteiger partial charge in [0.1, 0.15) is 0 Å². The molecule has 0 saturated heterocycles. The van der Waals surface area contributed by atoms with Crippen LogP contribution in [0, 0.1) is 12.8 Å². The van der Waals surface area contributed by atoms with E-state index >= 15 is 0 Å². The highest BCUT2D eigenvalue weighted by Crippen LogP contribution is 2.27. The van der Waals surface area contributed by atoms with Crippen LogP contribution in [-0.2, 0) is 4.79 Å². The van der Waals surface area contributed by atoms with Crippen LogP contribution in [0.3, 0.4) is 0 Å². The Labute approximate surface area is 113 Å². The van der Waals surface area contributed by atoms with Gasteiger partial charge in [-0.3, -0.25) is 4.79 Å². The van der Waals surface area contributed by atoms with E-state index in [0.29, 0.717) is 6.42 Å². The summed E-state index contributed by atoms with van der Waals surface area (Å²) in [5, 5.41) is 3.60. The normalized spacial score (nSPS) is 16.7. The molecule has 1 saturated carbocycles.